The molecule has 3 aromatic heterocycles. The van der Waals surface area contributed by atoms with Crippen molar-refractivity contribution >= 4 is 11.6 Å². The number of nitrogens with zero attached hydrogens (tertiary/aromatic N) is 4. The van der Waals surface area contributed by atoms with Gasteiger partial charge in [0.1, 0.15) is 29.4 Å². The number of benzene rings is 1. The molecule has 0 bridgehead atoms. The lowest BCUT2D eigenvalue weighted by Gasteiger charge is -2.12. The predicted molar refractivity (Wildman–Crippen MR) is 118 cm³/mol. The number of hydrogen-bond donors (Lipinski definition) is 1. The van der Waals surface area contributed by atoms with Crippen LogP contribution >= 0.6 is 0 Å². The number of pyridine rings is 1. The van der Waals surface area contributed by atoms with Crippen molar-refractivity contribution in [2.24, 2.45) is 0 Å². The van der Waals surface area contributed by atoms with E-state index in [0.717, 1.165) is 30.0 Å². The van der Waals surface area contributed by atoms with Gasteiger partial charge in [0.15, 0.2) is 11.6 Å². The van der Waals surface area contributed by atoms with E-state index in [2.05, 4.69) is 25.4 Å². The van der Waals surface area contributed by atoms with Crippen molar-refractivity contribution < 1.29 is 31.3 Å². The molecule has 0 unspecified atom stereocenters. The maximum Gasteiger partial charge on any atom is 0.417 e. The van der Waals surface area contributed by atoms with Crippen LogP contribution in [0.5, 0.6) is 0 Å². The molecule has 0 fully saturated rings. The first-order valence-corrected chi connectivity index (χ1v) is 10.7. The summed E-state index contributed by atoms with van der Waals surface area (Å²) in [6, 6.07) is 5.21. The van der Waals surface area contributed by atoms with Crippen LogP contribution in [-0.2, 0) is 19.1 Å². The highest BCUT2D eigenvalue weighted by molar-refractivity contribution is 5.95. The van der Waals surface area contributed by atoms with Crippen LogP contribution < -0.4 is 5.32 Å². The van der Waals surface area contributed by atoms with Gasteiger partial charge in [0.05, 0.1) is 11.8 Å². The smallest absolute Gasteiger partial charge is 0.366 e. The van der Waals surface area contributed by atoms with E-state index in [1.807, 2.05) is 0 Å². The van der Waals surface area contributed by atoms with Gasteiger partial charge in [-0.3, -0.25) is 9.78 Å². The van der Waals surface area contributed by atoms with E-state index >= 15 is 0 Å². The summed E-state index contributed by atoms with van der Waals surface area (Å²) in [6.07, 6.45) is 1.24. The minimum absolute atomic E-state index is 0.0372. The number of anilines is 1. The largest absolute Gasteiger partial charge is 0.417 e. The molecule has 0 spiro atoms. The number of ketones is 1. The summed E-state index contributed by atoms with van der Waals surface area (Å²) in [4.78, 5) is 24.8. The second kappa shape index (κ2) is 10.6. The zero-order valence-corrected chi connectivity index (χ0v) is 18.5. The number of hydrogen-bond acceptors (Lipinski definition) is 7. The number of aryl methyl sites for hydroxylation is 1. The highest BCUT2D eigenvalue weighted by Gasteiger charge is 2.31. The molecule has 36 heavy (non-hydrogen) atoms. The van der Waals surface area contributed by atoms with E-state index < -0.39 is 23.4 Å². The van der Waals surface area contributed by atoms with Crippen molar-refractivity contribution in [1.29, 1.82) is 0 Å². The van der Waals surface area contributed by atoms with Crippen molar-refractivity contribution in [3.8, 4) is 11.4 Å². The molecule has 1 aromatic carbocycles. The standard InChI is InChI=1S/C24H18F5N5O2/c25-18-5-4-15(19(26)7-18)11-31-22-8-20(21(35)3-1-2-14-9-32-36-13-14)33-23(34-22)16-6-17(12-30-10-16)24(27,28)29/h4-10,12-13H,1-3,11H2,(H,31,33,34). The quantitative estimate of drug-likeness (QED) is 0.233. The van der Waals surface area contributed by atoms with E-state index in [9.17, 15) is 26.7 Å². The Bertz CT molecular complexity index is 1360. The molecule has 186 valence electrons. The van der Waals surface area contributed by atoms with Gasteiger partial charge >= 0.3 is 6.18 Å². The summed E-state index contributed by atoms with van der Waals surface area (Å²) >= 11 is 0. The monoisotopic (exact) mass is 503 g/mol. The number of carbonyl (C=O) groups is 1. The highest BCUT2D eigenvalue weighted by Crippen LogP contribution is 2.31. The first-order chi connectivity index (χ1) is 17.2. The fourth-order valence-electron chi connectivity index (χ4n) is 3.31. The van der Waals surface area contributed by atoms with Gasteiger partial charge < -0.3 is 9.84 Å². The minimum Gasteiger partial charge on any atom is -0.366 e. The van der Waals surface area contributed by atoms with Crippen LogP contribution in [0, 0.1) is 11.6 Å². The van der Waals surface area contributed by atoms with Gasteiger partial charge in [-0.2, -0.15) is 13.2 Å². The van der Waals surface area contributed by atoms with Crippen molar-refractivity contribution in [2.75, 3.05) is 5.32 Å². The number of Topliss-reactive ketones (excluding diaryl/α,β-unsaturated/α-hetero) is 1. The first kappa shape index (κ1) is 24.9. The third-order valence-corrected chi connectivity index (χ3v) is 5.16. The summed E-state index contributed by atoms with van der Waals surface area (Å²) < 4.78 is 71.5. The Morgan fingerprint density at radius 1 is 1.03 bits per heavy atom. The fourth-order valence-corrected chi connectivity index (χ4v) is 3.31. The maximum absolute atomic E-state index is 14.0. The van der Waals surface area contributed by atoms with Gasteiger partial charge in [-0.1, -0.05) is 11.2 Å². The molecule has 0 aliphatic rings. The second-order valence-electron chi connectivity index (χ2n) is 7.82. The van der Waals surface area contributed by atoms with Gasteiger partial charge in [-0.05, 0) is 25.0 Å². The van der Waals surface area contributed by atoms with Crippen LogP contribution in [0.25, 0.3) is 11.4 Å². The van der Waals surface area contributed by atoms with Crippen molar-refractivity contribution in [3.05, 3.63) is 89.2 Å². The minimum atomic E-state index is -4.64. The average molecular weight is 503 g/mol. The molecule has 7 nitrogen and oxygen atoms in total. The molecule has 0 saturated heterocycles. The lowest BCUT2D eigenvalue weighted by atomic mass is 10.1. The molecule has 12 heteroatoms. The van der Waals surface area contributed by atoms with Crippen LogP contribution in [0.1, 0.15) is 40.0 Å². The summed E-state index contributed by atoms with van der Waals surface area (Å²) in [5.41, 5.74) is -0.162. The Morgan fingerprint density at radius 2 is 1.86 bits per heavy atom. The van der Waals surface area contributed by atoms with Crippen molar-refractivity contribution in [1.82, 2.24) is 20.1 Å². The lowest BCUT2D eigenvalue weighted by molar-refractivity contribution is -0.137. The Kier molecular flexibility index (Phi) is 7.32. The lowest BCUT2D eigenvalue weighted by Crippen LogP contribution is -2.10. The van der Waals surface area contributed by atoms with E-state index in [0.29, 0.717) is 19.0 Å². The topological polar surface area (TPSA) is 93.8 Å². The summed E-state index contributed by atoms with van der Waals surface area (Å²) in [5, 5.41) is 6.41. The fraction of sp³-hybridized carbons (Fsp3) is 0.208. The Hall–Kier alpha value is -4.22. The van der Waals surface area contributed by atoms with E-state index in [1.54, 1.807) is 0 Å². The molecule has 0 aliphatic heterocycles. The predicted octanol–water partition coefficient (Wildman–Crippen LogP) is 5.64. The second-order valence-corrected chi connectivity index (χ2v) is 7.82. The van der Waals surface area contributed by atoms with Crippen LogP contribution in [0.4, 0.5) is 27.8 Å². The maximum atomic E-state index is 14.0. The first-order valence-electron chi connectivity index (χ1n) is 10.7. The number of aromatic nitrogens is 4. The van der Waals surface area contributed by atoms with Gasteiger partial charge in [-0.15, -0.1) is 0 Å². The summed E-state index contributed by atoms with van der Waals surface area (Å²) in [6.45, 7) is -0.121. The number of nitrogens with one attached hydrogen (secondary N) is 1. The number of carbonyl (C=O) groups excluding carboxylic acids is 1. The van der Waals surface area contributed by atoms with Gasteiger partial charge in [0, 0.05) is 54.2 Å². The third-order valence-electron chi connectivity index (χ3n) is 5.16. The number of rotatable bonds is 9. The van der Waals surface area contributed by atoms with Crippen LogP contribution in [-0.4, -0.2) is 25.9 Å². The summed E-state index contributed by atoms with van der Waals surface area (Å²) in [7, 11) is 0. The molecule has 3 heterocycles. The Labute approximate surface area is 201 Å². The van der Waals surface area contributed by atoms with E-state index in [-0.39, 0.29) is 47.2 Å². The van der Waals surface area contributed by atoms with Gasteiger partial charge in [0.2, 0.25) is 0 Å². The van der Waals surface area contributed by atoms with Crippen LogP contribution in [0.2, 0.25) is 0 Å². The number of halogens is 5. The normalized spacial score (nSPS) is 11.5. The van der Waals surface area contributed by atoms with Gasteiger partial charge in [-0.25, -0.2) is 18.7 Å². The molecular weight excluding hydrogens is 485 g/mol. The Morgan fingerprint density at radius 3 is 2.58 bits per heavy atom. The van der Waals surface area contributed by atoms with Crippen molar-refractivity contribution in [3.63, 3.8) is 0 Å². The Balaban J connectivity index is 1.61. The van der Waals surface area contributed by atoms with E-state index in [1.165, 1.54) is 24.6 Å². The average Bonchev–Trinajstić information content (AvgIpc) is 3.36. The molecule has 1 N–H and O–H groups in total. The molecule has 0 amide bonds. The third kappa shape index (κ3) is 6.26. The molecule has 0 saturated carbocycles. The molecule has 0 radical (unpaired) electrons. The van der Waals surface area contributed by atoms with Crippen LogP contribution in [0.3, 0.4) is 0 Å². The van der Waals surface area contributed by atoms with Crippen molar-refractivity contribution in [2.45, 2.75) is 32.0 Å². The SMILES string of the molecule is O=C(CCCc1cnoc1)c1cc(NCc2ccc(F)cc2F)nc(-c2cncc(C(F)(F)F)c2)n1. The molecule has 0 aliphatic carbocycles. The molecule has 4 aromatic rings. The molecule has 4 rings (SSSR count). The van der Waals surface area contributed by atoms with Gasteiger partial charge in [0.25, 0.3) is 0 Å². The summed E-state index contributed by atoms with van der Waals surface area (Å²) in [5.74, 6) is -1.99. The zero-order valence-electron chi connectivity index (χ0n) is 18.5. The van der Waals surface area contributed by atoms with E-state index in [4.69, 9.17) is 4.52 Å². The molecule has 0 atom stereocenters. The molecular formula is C24H18F5N5O2. The number of alkyl halides is 3. The highest BCUT2D eigenvalue weighted by atomic mass is 19.4. The van der Waals surface area contributed by atoms with Crippen LogP contribution in [0.15, 0.2) is 59.7 Å². The zero-order chi connectivity index (χ0) is 25.7.